The van der Waals surface area contributed by atoms with E-state index in [0.29, 0.717) is 16.9 Å². The molecule has 0 amide bonds. The molecule has 2 rings (SSSR count). The van der Waals surface area contributed by atoms with E-state index < -0.39 is 0 Å². The Hall–Kier alpha value is -1.88. The number of H-pyrrole nitrogens is 1. The standard InChI is InChI=1S/C11H12FN3O/c1-7-10(6-13)11(16)14-15(7)9-4-2-3-8(12)5-9/h2-5H,6,13H2,1H3,(H,14,16). The average Bonchev–Trinajstić information content (AvgIpc) is 2.54. The number of aromatic nitrogens is 2. The van der Waals surface area contributed by atoms with Gasteiger partial charge in [-0.3, -0.25) is 14.6 Å². The fourth-order valence-electron chi connectivity index (χ4n) is 1.67. The summed E-state index contributed by atoms with van der Waals surface area (Å²) in [5, 5.41) is 2.62. The molecule has 0 saturated carbocycles. The molecule has 0 saturated heterocycles. The van der Waals surface area contributed by atoms with E-state index in [9.17, 15) is 9.18 Å². The van der Waals surface area contributed by atoms with Crippen molar-refractivity contribution >= 4 is 0 Å². The summed E-state index contributed by atoms with van der Waals surface area (Å²) < 4.78 is 14.6. The zero-order valence-electron chi connectivity index (χ0n) is 8.83. The van der Waals surface area contributed by atoms with Crippen LogP contribution in [0.15, 0.2) is 29.1 Å². The smallest absolute Gasteiger partial charge is 0.269 e. The molecule has 0 aliphatic heterocycles. The van der Waals surface area contributed by atoms with Gasteiger partial charge in [-0.05, 0) is 25.1 Å². The van der Waals surface area contributed by atoms with E-state index in [1.807, 2.05) is 0 Å². The van der Waals surface area contributed by atoms with Gasteiger partial charge in [0, 0.05) is 12.2 Å². The van der Waals surface area contributed by atoms with Crippen molar-refractivity contribution in [3.8, 4) is 5.69 Å². The Balaban J connectivity index is 2.61. The fourth-order valence-corrected chi connectivity index (χ4v) is 1.67. The first-order valence-corrected chi connectivity index (χ1v) is 4.90. The molecule has 1 aromatic carbocycles. The lowest BCUT2D eigenvalue weighted by Gasteiger charge is -2.05. The molecule has 3 N–H and O–H groups in total. The van der Waals surface area contributed by atoms with Gasteiger partial charge in [0.2, 0.25) is 0 Å². The van der Waals surface area contributed by atoms with Crippen LogP contribution in [0, 0.1) is 12.7 Å². The van der Waals surface area contributed by atoms with E-state index >= 15 is 0 Å². The lowest BCUT2D eigenvalue weighted by Crippen LogP contribution is -2.10. The molecule has 84 valence electrons. The summed E-state index contributed by atoms with van der Waals surface area (Å²) in [7, 11) is 0. The van der Waals surface area contributed by atoms with Crippen LogP contribution >= 0.6 is 0 Å². The van der Waals surface area contributed by atoms with Crippen LogP contribution < -0.4 is 11.3 Å². The molecule has 0 aliphatic rings. The highest BCUT2D eigenvalue weighted by atomic mass is 19.1. The Morgan fingerprint density at radius 2 is 2.25 bits per heavy atom. The maximum Gasteiger partial charge on any atom is 0.269 e. The van der Waals surface area contributed by atoms with Crippen LogP contribution in [0.2, 0.25) is 0 Å². The van der Waals surface area contributed by atoms with E-state index in [-0.39, 0.29) is 17.9 Å². The van der Waals surface area contributed by atoms with Gasteiger partial charge in [0.1, 0.15) is 5.82 Å². The SMILES string of the molecule is Cc1c(CN)c(=O)[nH]n1-c1cccc(F)c1. The Bertz CT molecular complexity index is 571. The molecule has 2 aromatic rings. The van der Waals surface area contributed by atoms with Crippen molar-refractivity contribution in [2.75, 3.05) is 0 Å². The molecular formula is C11H12FN3O. The van der Waals surface area contributed by atoms with Gasteiger partial charge in [-0.25, -0.2) is 4.39 Å². The number of hydrogen-bond acceptors (Lipinski definition) is 2. The van der Waals surface area contributed by atoms with Crippen molar-refractivity contribution in [1.82, 2.24) is 9.78 Å². The van der Waals surface area contributed by atoms with Crippen molar-refractivity contribution in [2.45, 2.75) is 13.5 Å². The van der Waals surface area contributed by atoms with Crippen molar-refractivity contribution in [3.63, 3.8) is 0 Å². The molecule has 0 radical (unpaired) electrons. The third-order valence-corrected chi connectivity index (χ3v) is 2.53. The highest BCUT2D eigenvalue weighted by molar-refractivity contribution is 5.35. The second kappa shape index (κ2) is 3.94. The Labute approximate surface area is 91.5 Å². The normalized spacial score (nSPS) is 10.7. The van der Waals surface area contributed by atoms with Crippen LogP contribution in [0.5, 0.6) is 0 Å². The number of hydrogen-bond donors (Lipinski definition) is 2. The highest BCUT2D eigenvalue weighted by Crippen LogP contribution is 2.12. The summed E-state index contributed by atoms with van der Waals surface area (Å²) in [5.41, 5.74) is 7.04. The van der Waals surface area contributed by atoms with Crippen molar-refractivity contribution in [2.24, 2.45) is 5.73 Å². The Kier molecular flexibility index (Phi) is 2.62. The number of aromatic amines is 1. The summed E-state index contributed by atoms with van der Waals surface area (Å²) in [6.45, 7) is 1.94. The first kappa shape index (κ1) is 10.6. The van der Waals surface area contributed by atoms with Gasteiger partial charge in [0.15, 0.2) is 0 Å². The maximum atomic E-state index is 13.0. The lowest BCUT2D eigenvalue weighted by atomic mass is 10.2. The topological polar surface area (TPSA) is 63.8 Å². The molecular weight excluding hydrogens is 209 g/mol. The number of rotatable bonds is 2. The third kappa shape index (κ3) is 1.65. The fraction of sp³-hybridized carbons (Fsp3) is 0.182. The molecule has 0 aliphatic carbocycles. The van der Waals surface area contributed by atoms with E-state index in [2.05, 4.69) is 5.10 Å². The molecule has 16 heavy (non-hydrogen) atoms. The van der Waals surface area contributed by atoms with E-state index in [0.717, 1.165) is 0 Å². The molecule has 0 spiro atoms. The number of halogens is 1. The van der Waals surface area contributed by atoms with E-state index in [1.165, 1.54) is 16.8 Å². The summed E-state index contributed by atoms with van der Waals surface area (Å²) in [6, 6.07) is 6.00. The molecule has 0 unspecified atom stereocenters. The highest BCUT2D eigenvalue weighted by Gasteiger charge is 2.10. The number of nitrogens with zero attached hydrogens (tertiary/aromatic N) is 1. The molecule has 4 nitrogen and oxygen atoms in total. The predicted molar refractivity (Wildman–Crippen MR) is 59.0 cm³/mol. The van der Waals surface area contributed by atoms with Crippen molar-refractivity contribution in [1.29, 1.82) is 0 Å². The van der Waals surface area contributed by atoms with Gasteiger partial charge in [-0.15, -0.1) is 0 Å². The van der Waals surface area contributed by atoms with Gasteiger partial charge in [0.25, 0.3) is 5.56 Å². The predicted octanol–water partition coefficient (Wildman–Crippen LogP) is 1.07. The van der Waals surface area contributed by atoms with Crippen LogP contribution in [0.3, 0.4) is 0 Å². The van der Waals surface area contributed by atoms with Crippen LogP contribution in [-0.4, -0.2) is 9.78 Å². The first-order chi connectivity index (χ1) is 7.63. The maximum absolute atomic E-state index is 13.0. The van der Waals surface area contributed by atoms with Crippen LogP contribution in [-0.2, 0) is 6.54 Å². The van der Waals surface area contributed by atoms with Crippen LogP contribution in [0.4, 0.5) is 4.39 Å². The van der Waals surface area contributed by atoms with Gasteiger partial charge in [0.05, 0.1) is 11.3 Å². The zero-order valence-corrected chi connectivity index (χ0v) is 8.83. The zero-order chi connectivity index (χ0) is 11.7. The number of nitrogens with two attached hydrogens (primary N) is 1. The minimum atomic E-state index is -0.347. The molecule has 0 fully saturated rings. The van der Waals surface area contributed by atoms with Crippen molar-refractivity contribution < 1.29 is 4.39 Å². The average molecular weight is 221 g/mol. The Morgan fingerprint density at radius 3 is 2.81 bits per heavy atom. The third-order valence-electron chi connectivity index (χ3n) is 2.53. The van der Waals surface area contributed by atoms with E-state index in [1.54, 1.807) is 19.1 Å². The molecule has 1 aromatic heterocycles. The van der Waals surface area contributed by atoms with Gasteiger partial charge in [-0.2, -0.15) is 0 Å². The Morgan fingerprint density at radius 1 is 1.50 bits per heavy atom. The number of nitrogens with one attached hydrogen (secondary N) is 1. The van der Waals surface area contributed by atoms with Crippen LogP contribution in [0.25, 0.3) is 5.69 Å². The van der Waals surface area contributed by atoms with Gasteiger partial charge >= 0.3 is 0 Å². The minimum absolute atomic E-state index is 0.170. The largest absolute Gasteiger partial charge is 0.326 e. The first-order valence-electron chi connectivity index (χ1n) is 4.90. The minimum Gasteiger partial charge on any atom is -0.326 e. The summed E-state index contributed by atoms with van der Waals surface area (Å²) in [4.78, 5) is 11.5. The summed E-state index contributed by atoms with van der Waals surface area (Å²) >= 11 is 0. The van der Waals surface area contributed by atoms with Gasteiger partial charge < -0.3 is 5.73 Å². The second-order valence-corrected chi connectivity index (χ2v) is 3.52. The molecule has 0 atom stereocenters. The lowest BCUT2D eigenvalue weighted by molar-refractivity contribution is 0.625. The summed E-state index contributed by atoms with van der Waals surface area (Å²) in [5.74, 6) is -0.347. The van der Waals surface area contributed by atoms with Gasteiger partial charge in [-0.1, -0.05) is 6.07 Å². The van der Waals surface area contributed by atoms with Crippen LogP contribution in [0.1, 0.15) is 11.3 Å². The molecule has 1 heterocycles. The monoisotopic (exact) mass is 221 g/mol. The number of benzene rings is 1. The molecule has 5 heteroatoms. The van der Waals surface area contributed by atoms with Crippen molar-refractivity contribution in [3.05, 3.63) is 51.7 Å². The second-order valence-electron chi connectivity index (χ2n) is 3.52. The van der Waals surface area contributed by atoms with E-state index in [4.69, 9.17) is 5.73 Å². The molecule has 0 bridgehead atoms. The summed E-state index contributed by atoms with van der Waals surface area (Å²) in [6.07, 6.45) is 0. The quantitative estimate of drug-likeness (QED) is 0.796.